The van der Waals surface area contributed by atoms with Crippen molar-refractivity contribution in [2.45, 2.75) is 19.3 Å². The van der Waals surface area contributed by atoms with Gasteiger partial charge in [-0.1, -0.05) is 147 Å². The molecule has 1 aliphatic rings. The average molecular weight is 727 g/mol. The molecule has 1 heterocycles. The Bertz CT molecular complexity index is 3380. The lowest BCUT2D eigenvalue weighted by Gasteiger charge is -2.29. The molecule has 57 heavy (non-hydrogen) atoms. The highest BCUT2D eigenvalue weighted by Gasteiger charge is 2.36. The summed E-state index contributed by atoms with van der Waals surface area (Å²) in [5.41, 5.74) is 14.8. The fourth-order valence-electron chi connectivity index (χ4n) is 9.97. The average Bonchev–Trinajstić information content (AvgIpc) is 3.72. The molecule has 0 atom stereocenters. The number of para-hydroxylation sites is 1. The van der Waals surface area contributed by atoms with Gasteiger partial charge in [0.2, 0.25) is 0 Å². The van der Waals surface area contributed by atoms with E-state index in [-0.39, 0.29) is 5.41 Å². The van der Waals surface area contributed by atoms with Gasteiger partial charge in [-0.2, -0.15) is 0 Å². The minimum atomic E-state index is -0.200. The van der Waals surface area contributed by atoms with Crippen molar-refractivity contribution in [2.24, 2.45) is 0 Å². The minimum Gasteiger partial charge on any atom is -0.310 e. The lowest BCUT2D eigenvalue weighted by Crippen LogP contribution is -2.16. The molecule has 0 radical (unpaired) electrons. The summed E-state index contributed by atoms with van der Waals surface area (Å²) in [6.45, 7) is 4.79. The maximum atomic E-state index is 2.47. The summed E-state index contributed by atoms with van der Waals surface area (Å²) in [6, 6.07) is 71.9. The second-order valence-electron chi connectivity index (χ2n) is 16.1. The van der Waals surface area contributed by atoms with Crippen LogP contribution in [0, 0.1) is 0 Å². The summed E-state index contributed by atoms with van der Waals surface area (Å²) in [5, 5.41) is 10.2. The monoisotopic (exact) mass is 726 g/mol. The molecule has 10 aromatic carbocycles. The van der Waals surface area contributed by atoms with Gasteiger partial charge in [0, 0.05) is 38.6 Å². The summed E-state index contributed by atoms with van der Waals surface area (Å²) >= 11 is 0. The van der Waals surface area contributed by atoms with E-state index in [1.165, 1.54) is 98.9 Å². The van der Waals surface area contributed by atoms with Gasteiger partial charge in [0.05, 0.1) is 16.7 Å². The lowest BCUT2D eigenvalue weighted by atomic mass is 9.81. The van der Waals surface area contributed by atoms with Gasteiger partial charge in [0.15, 0.2) is 0 Å². The SMILES string of the molecule is CC1(C)c2cc(-c3ccc4c5c3ccc3cccc(c35)n4-c3ccc4ccccc4c3)ccc2-c2ccc(N(c3ccccc3)c3cccc4ccccc34)cc21. The van der Waals surface area contributed by atoms with Crippen molar-refractivity contribution < 1.29 is 0 Å². The van der Waals surface area contributed by atoms with Crippen LogP contribution in [0.15, 0.2) is 194 Å². The predicted molar refractivity (Wildman–Crippen MR) is 242 cm³/mol. The molecule has 0 fully saturated rings. The van der Waals surface area contributed by atoms with Crippen LogP contribution in [-0.4, -0.2) is 4.57 Å². The number of benzene rings is 10. The van der Waals surface area contributed by atoms with E-state index >= 15 is 0 Å². The smallest absolute Gasteiger partial charge is 0.0547 e. The van der Waals surface area contributed by atoms with E-state index in [2.05, 4.69) is 217 Å². The first kappa shape index (κ1) is 32.1. The number of aromatic nitrogens is 1. The Morgan fingerprint density at radius 1 is 0.404 bits per heavy atom. The van der Waals surface area contributed by atoms with Gasteiger partial charge in [-0.25, -0.2) is 0 Å². The lowest BCUT2D eigenvalue weighted by molar-refractivity contribution is 0.660. The first-order chi connectivity index (χ1) is 28.0. The Morgan fingerprint density at radius 2 is 1.07 bits per heavy atom. The van der Waals surface area contributed by atoms with Crippen molar-refractivity contribution >= 4 is 71.2 Å². The molecule has 0 bridgehead atoms. The van der Waals surface area contributed by atoms with Gasteiger partial charge in [0.1, 0.15) is 0 Å². The van der Waals surface area contributed by atoms with Crippen molar-refractivity contribution in [2.75, 3.05) is 4.90 Å². The Morgan fingerprint density at radius 3 is 1.95 bits per heavy atom. The quantitative estimate of drug-likeness (QED) is 0.160. The van der Waals surface area contributed by atoms with Crippen molar-refractivity contribution in [1.82, 2.24) is 4.57 Å². The van der Waals surface area contributed by atoms with Crippen molar-refractivity contribution in [3.63, 3.8) is 0 Å². The number of anilines is 3. The third-order valence-electron chi connectivity index (χ3n) is 12.7. The molecule has 12 rings (SSSR count). The van der Waals surface area contributed by atoms with E-state index in [9.17, 15) is 0 Å². The fourth-order valence-corrected chi connectivity index (χ4v) is 9.97. The van der Waals surface area contributed by atoms with E-state index in [1.807, 2.05) is 0 Å². The fraction of sp³-hybridized carbons (Fsp3) is 0.0545. The molecule has 0 spiro atoms. The second kappa shape index (κ2) is 11.9. The molecule has 1 aromatic heterocycles. The van der Waals surface area contributed by atoms with E-state index in [0.29, 0.717) is 0 Å². The van der Waals surface area contributed by atoms with Crippen LogP contribution < -0.4 is 4.90 Å². The van der Waals surface area contributed by atoms with Gasteiger partial charge in [-0.3, -0.25) is 0 Å². The molecular formula is C55H38N2. The standard InChI is InChI=1S/C55H38N2/c1-55(2)48-33-39(43-30-31-52-54-47(43)28-23-37-16-11-21-51(53(37)54)57(52)41-25-22-35-12-6-7-14-38(35)32-41)24-27-45(48)46-29-26-42(34-49(46)55)56(40-17-4-3-5-18-40)50-20-10-15-36-13-8-9-19-44(36)50/h3-34H,1-2H3. The number of hydrogen-bond acceptors (Lipinski definition) is 1. The molecule has 0 saturated heterocycles. The maximum Gasteiger partial charge on any atom is 0.0547 e. The highest BCUT2D eigenvalue weighted by Crippen LogP contribution is 2.53. The molecular weight excluding hydrogens is 689 g/mol. The zero-order valence-electron chi connectivity index (χ0n) is 31.9. The minimum absolute atomic E-state index is 0.200. The Balaban J connectivity index is 0.996. The topological polar surface area (TPSA) is 8.17 Å². The van der Waals surface area contributed by atoms with Crippen LogP contribution in [0.1, 0.15) is 25.0 Å². The summed E-state index contributed by atoms with van der Waals surface area (Å²) in [4.78, 5) is 2.42. The van der Waals surface area contributed by atoms with E-state index in [4.69, 9.17) is 0 Å². The van der Waals surface area contributed by atoms with Crippen LogP contribution >= 0.6 is 0 Å². The van der Waals surface area contributed by atoms with E-state index in [1.54, 1.807) is 0 Å². The number of nitrogens with zero attached hydrogens (tertiary/aromatic N) is 2. The highest BCUT2D eigenvalue weighted by atomic mass is 15.1. The van der Waals surface area contributed by atoms with Gasteiger partial charge in [-0.05, 0) is 121 Å². The summed E-state index contributed by atoms with van der Waals surface area (Å²) in [6.07, 6.45) is 0. The van der Waals surface area contributed by atoms with E-state index < -0.39 is 0 Å². The normalized spacial score (nSPS) is 13.2. The first-order valence-corrected chi connectivity index (χ1v) is 19.9. The molecule has 0 N–H and O–H groups in total. The van der Waals surface area contributed by atoms with E-state index in [0.717, 1.165) is 11.4 Å². The molecule has 11 aromatic rings. The molecule has 0 amide bonds. The van der Waals surface area contributed by atoms with Gasteiger partial charge >= 0.3 is 0 Å². The highest BCUT2D eigenvalue weighted by molar-refractivity contribution is 6.26. The summed E-state index contributed by atoms with van der Waals surface area (Å²) < 4.78 is 2.46. The molecule has 0 aliphatic heterocycles. The van der Waals surface area contributed by atoms with Crippen LogP contribution in [0.25, 0.3) is 82.1 Å². The van der Waals surface area contributed by atoms with Crippen molar-refractivity contribution in [1.29, 1.82) is 0 Å². The number of fused-ring (bicyclic) bond motifs is 5. The predicted octanol–water partition coefficient (Wildman–Crippen LogP) is 15.1. The van der Waals surface area contributed by atoms with Gasteiger partial charge in [0.25, 0.3) is 0 Å². The summed E-state index contributed by atoms with van der Waals surface area (Å²) in [7, 11) is 0. The summed E-state index contributed by atoms with van der Waals surface area (Å²) in [5.74, 6) is 0. The van der Waals surface area contributed by atoms with Crippen LogP contribution in [0.5, 0.6) is 0 Å². The molecule has 268 valence electrons. The Kier molecular flexibility index (Phi) is 6.72. The molecule has 2 nitrogen and oxygen atoms in total. The van der Waals surface area contributed by atoms with Crippen LogP contribution in [0.2, 0.25) is 0 Å². The second-order valence-corrected chi connectivity index (χ2v) is 16.1. The molecule has 0 unspecified atom stereocenters. The van der Waals surface area contributed by atoms with Gasteiger partial charge < -0.3 is 9.47 Å². The maximum absolute atomic E-state index is 2.47. The molecule has 2 heteroatoms. The van der Waals surface area contributed by atoms with Crippen LogP contribution in [-0.2, 0) is 5.41 Å². The first-order valence-electron chi connectivity index (χ1n) is 19.9. The third kappa shape index (κ3) is 4.65. The van der Waals surface area contributed by atoms with Crippen LogP contribution in [0.4, 0.5) is 17.1 Å². The Labute approximate surface area is 331 Å². The van der Waals surface area contributed by atoms with Crippen molar-refractivity contribution in [3.05, 3.63) is 205 Å². The zero-order chi connectivity index (χ0) is 37.8. The molecule has 0 saturated carbocycles. The largest absolute Gasteiger partial charge is 0.310 e. The number of hydrogen-bond donors (Lipinski definition) is 0. The third-order valence-corrected chi connectivity index (χ3v) is 12.7. The van der Waals surface area contributed by atoms with Gasteiger partial charge in [-0.15, -0.1) is 0 Å². The molecule has 1 aliphatic carbocycles. The Hall–Kier alpha value is -7.16. The van der Waals surface area contributed by atoms with Crippen molar-refractivity contribution in [3.8, 4) is 27.9 Å². The number of rotatable bonds is 5. The zero-order valence-corrected chi connectivity index (χ0v) is 31.9. The van der Waals surface area contributed by atoms with Crippen LogP contribution in [0.3, 0.4) is 0 Å².